The summed E-state index contributed by atoms with van der Waals surface area (Å²) in [6.45, 7) is 0.0211. The molecular formula is C15H12O2. The number of benzene rings is 2. The molecule has 3 rings (SSSR count). The molecule has 3 aromatic rings. The number of hydrogen-bond acceptors (Lipinski definition) is 2. The molecule has 2 aromatic carbocycles. The van der Waals surface area contributed by atoms with Crippen molar-refractivity contribution in [3.63, 3.8) is 0 Å². The summed E-state index contributed by atoms with van der Waals surface area (Å²) in [6, 6.07) is 17.6. The summed E-state index contributed by atoms with van der Waals surface area (Å²) in [5.74, 6) is 0.802. The second-order valence-electron chi connectivity index (χ2n) is 3.96. The van der Waals surface area contributed by atoms with E-state index in [0.717, 1.165) is 27.9 Å². The smallest absolute Gasteiger partial charge is 0.135 e. The van der Waals surface area contributed by atoms with E-state index in [4.69, 9.17) is 4.42 Å². The number of hydrogen-bond donors (Lipinski definition) is 1. The highest BCUT2D eigenvalue weighted by atomic mass is 16.3. The topological polar surface area (TPSA) is 33.4 Å². The van der Waals surface area contributed by atoms with E-state index in [-0.39, 0.29) is 6.61 Å². The zero-order chi connectivity index (χ0) is 11.7. The lowest BCUT2D eigenvalue weighted by molar-refractivity contribution is 0.282. The van der Waals surface area contributed by atoms with Gasteiger partial charge in [-0.25, -0.2) is 0 Å². The third-order valence-corrected chi connectivity index (χ3v) is 2.88. The molecule has 17 heavy (non-hydrogen) atoms. The maximum atomic E-state index is 9.31. The summed E-state index contributed by atoms with van der Waals surface area (Å²) >= 11 is 0. The van der Waals surface area contributed by atoms with E-state index >= 15 is 0 Å². The van der Waals surface area contributed by atoms with Gasteiger partial charge in [-0.15, -0.1) is 0 Å². The minimum absolute atomic E-state index is 0.0211. The highest BCUT2D eigenvalue weighted by molar-refractivity contribution is 5.83. The highest BCUT2D eigenvalue weighted by Crippen LogP contribution is 2.29. The molecule has 2 heteroatoms. The Morgan fingerprint density at radius 3 is 2.53 bits per heavy atom. The normalized spacial score (nSPS) is 10.9. The van der Waals surface area contributed by atoms with E-state index in [2.05, 4.69) is 0 Å². The molecule has 0 atom stereocenters. The molecule has 0 bridgehead atoms. The molecule has 0 saturated carbocycles. The molecule has 0 fully saturated rings. The van der Waals surface area contributed by atoms with Gasteiger partial charge in [0.25, 0.3) is 0 Å². The molecule has 1 heterocycles. The average molecular weight is 224 g/mol. The molecule has 1 N–H and O–H groups in total. The van der Waals surface area contributed by atoms with Gasteiger partial charge in [-0.2, -0.15) is 0 Å². The zero-order valence-electron chi connectivity index (χ0n) is 9.26. The Kier molecular flexibility index (Phi) is 2.42. The summed E-state index contributed by atoms with van der Waals surface area (Å²) in [5, 5.41) is 10.4. The molecule has 2 nitrogen and oxygen atoms in total. The van der Waals surface area contributed by atoms with Crippen molar-refractivity contribution in [3.8, 4) is 11.3 Å². The maximum Gasteiger partial charge on any atom is 0.135 e. The van der Waals surface area contributed by atoms with Gasteiger partial charge in [0.05, 0.1) is 6.61 Å². The minimum Gasteiger partial charge on any atom is -0.456 e. The first-order valence-electron chi connectivity index (χ1n) is 5.56. The molecular weight excluding hydrogens is 212 g/mol. The Morgan fingerprint density at radius 2 is 1.71 bits per heavy atom. The van der Waals surface area contributed by atoms with Crippen molar-refractivity contribution in [2.45, 2.75) is 6.61 Å². The van der Waals surface area contributed by atoms with Crippen LogP contribution in [0.3, 0.4) is 0 Å². The van der Waals surface area contributed by atoms with Crippen LogP contribution in [0, 0.1) is 0 Å². The molecule has 0 saturated heterocycles. The average Bonchev–Trinajstić information content (AvgIpc) is 2.82. The van der Waals surface area contributed by atoms with Crippen LogP contribution < -0.4 is 0 Å². The van der Waals surface area contributed by atoms with Gasteiger partial charge < -0.3 is 9.52 Å². The zero-order valence-corrected chi connectivity index (χ0v) is 9.26. The van der Waals surface area contributed by atoms with Crippen LogP contribution in [-0.2, 0) is 6.61 Å². The standard InChI is InChI=1S/C15H12O2/c16-10-12-6-1-3-7-13(12)15-9-11-5-2-4-8-14(11)17-15/h1-9,16H,10H2. The summed E-state index contributed by atoms with van der Waals surface area (Å²) in [4.78, 5) is 0. The molecule has 84 valence electrons. The minimum atomic E-state index is 0.0211. The predicted octanol–water partition coefficient (Wildman–Crippen LogP) is 3.59. The van der Waals surface area contributed by atoms with Crippen molar-refractivity contribution < 1.29 is 9.52 Å². The third-order valence-electron chi connectivity index (χ3n) is 2.88. The number of fused-ring (bicyclic) bond motifs is 1. The molecule has 0 aliphatic rings. The van der Waals surface area contributed by atoms with Gasteiger partial charge in [-0.3, -0.25) is 0 Å². The van der Waals surface area contributed by atoms with Gasteiger partial charge in [-0.05, 0) is 17.7 Å². The van der Waals surface area contributed by atoms with Crippen molar-refractivity contribution in [1.29, 1.82) is 0 Å². The van der Waals surface area contributed by atoms with Gasteiger partial charge in [0.1, 0.15) is 11.3 Å². The van der Waals surface area contributed by atoms with Crippen molar-refractivity contribution in [1.82, 2.24) is 0 Å². The maximum absolute atomic E-state index is 9.31. The fourth-order valence-corrected chi connectivity index (χ4v) is 2.01. The van der Waals surface area contributed by atoms with Crippen LogP contribution in [0.5, 0.6) is 0 Å². The van der Waals surface area contributed by atoms with E-state index in [0.29, 0.717) is 0 Å². The Hall–Kier alpha value is -2.06. The van der Waals surface area contributed by atoms with Crippen LogP contribution in [0.1, 0.15) is 5.56 Å². The van der Waals surface area contributed by atoms with E-state index in [9.17, 15) is 5.11 Å². The van der Waals surface area contributed by atoms with Crippen LogP contribution in [0.2, 0.25) is 0 Å². The summed E-state index contributed by atoms with van der Waals surface area (Å²) < 4.78 is 5.79. The number of rotatable bonds is 2. The lowest BCUT2D eigenvalue weighted by atomic mass is 10.1. The van der Waals surface area contributed by atoms with Gasteiger partial charge in [0, 0.05) is 10.9 Å². The molecule has 0 aliphatic heterocycles. The lowest BCUT2D eigenvalue weighted by Crippen LogP contribution is -1.86. The van der Waals surface area contributed by atoms with Gasteiger partial charge in [0.15, 0.2) is 0 Å². The third kappa shape index (κ3) is 1.73. The first kappa shape index (κ1) is 10.1. The van der Waals surface area contributed by atoms with Crippen LogP contribution in [0.4, 0.5) is 0 Å². The van der Waals surface area contributed by atoms with Crippen molar-refractivity contribution >= 4 is 11.0 Å². The quantitative estimate of drug-likeness (QED) is 0.721. The van der Waals surface area contributed by atoms with Gasteiger partial charge in [0.2, 0.25) is 0 Å². The van der Waals surface area contributed by atoms with E-state index in [1.54, 1.807) is 0 Å². The highest BCUT2D eigenvalue weighted by Gasteiger charge is 2.08. The van der Waals surface area contributed by atoms with Gasteiger partial charge in [-0.1, -0.05) is 42.5 Å². The predicted molar refractivity (Wildman–Crippen MR) is 67.6 cm³/mol. The number of aliphatic hydroxyl groups excluding tert-OH is 1. The largest absolute Gasteiger partial charge is 0.456 e. The second-order valence-corrected chi connectivity index (χ2v) is 3.96. The fourth-order valence-electron chi connectivity index (χ4n) is 2.01. The number of furan rings is 1. The van der Waals surface area contributed by atoms with Crippen LogP contribution in [0.15, 0.2) is 59.0 Å². The number of aliphatic hydroxyl groups is 1. The lowest BCUT2D eigenvalue weighted by Gasteiger charge is -2.02. The van der Waals surface area contributed by atoms with Crippen molar-refractivity contribution in [2.75, 3.05) is 0 Å². The van der Waals surface area contributed by atoms with E-state index < -0.39 is 0 Å². The summed E-state index contributed by atoms with van der Waals surface area (Å²) in [6.07, 6.45) is 0. The summed E-state index contributed by atoms with van der Waals surface area (Å²) in [7, 11) is 0. The Bertz CT molecular complexity index is 620. The monoisotopic (exact) mass is 224 g/mol. The van der Waals surface area contributed by atoms with Crippen molar-refractivity contribution in [2.24, 2.45) is 0 Å². The van der Waals surface area contributed by atoms with E-state index in [1.807, 2.05) is 54.6 Å². The Morgan fingerprint density at radius 1 is 0.941 bits per heavy atom. The first-order valence-corrected chi connectivity index (χ1v) is 5.56. The van der Waals surface area contributed by atoms with Crippen LogP contribution in [0.25, 0.3) is 22.3 Å². The second kappa shape index (κ2) is 4.07. The van der Waals surface area contributed by atoms with E-state index in [1.165, 1.54) is 0 Å². The number of para-hydroxylation sites is 1. The SMILES string of the molecule is OCc1ccccc1-c1cc2ccccc2o1. The van der Waals surface area contributed by atoms with Crippen LogP contribution in [-0.4, -0.2) is 5.11 Å². The Balaban J connectivity index is 2.20. The molecule has 0 radical (unpaired) electrons. The molecule has 0 unspecified atom stereocenters. The molecule has 0 spiro atoms. The van der Waals surface area contributed by atoms with Gasteiger partial charge >= 0.3 is 0 Å². The molecule has 0 aliphatic carbocycles. The molecule has 0 amide bonds. The molecule has 1 aromatic heterocycles. The Labute approximate surface area is 99.1 Å². The van der Waals surface area contributed by atoms with Crippen LogP contribution >= 0.6 is 0 Å². The summed E-state index contributed by atoms with van der Waals surface area (Å²) in [5.41, 5.74) is 2.70. The first-order chi connectivity index (χ1) is 8.38. The van der Waals surface area contributed by atoms with Crippen molar-refractivity contribution in [3.05, 3.63) is 60.2 Å². The fraction of sp³-hybridized carbons (Fsp3) is 0.0667.